The number of carboxylic acid groups (broad SMARTS) is 1. The van der Waals surface area contributed by atoms with Crippen LogP contribution in [0.1, 0.15) is 23.2 Å². The molecule has 5 nitrogen and oxygen atoms in total. The van der Waals surface area contributed by atoms with Crippen LogP contribution >= 0.6 is 0 Å². The zero-order chi connectivity index (χ0) is 19.8. The highest BCUT2D eigenvalue weighted by Crippen LogP contribution is 2.47. The molecule has 0 spiro atoms. The van der Waals surface area contributed by atoms with Crippen molar-refractivity contribution in [2.45, 2.75) is 25.1 Å². The highest BCUT2D eigenvalue weighted by Gasteiger charge is 2.65. The van der Waals surface area contributed by atoms with Crippen molar-refractivity contribution in [3.8, 4) is 22.6 Å². The Labute approximate surface area is 150 Å². The van der Waals surface area contributed by atoms with Gasteiger partial charge in [-0.05, 0) is 23.3 Å². The Balaban J connectivity index is 1.82. The van der Waals surface area contributed by atoms with Gasteiger partial charge in [-0.2, -0.15) is 17.6 Å². The molecule has 1 N–H and O–H groups in total. The molecule has 3 rings (SSSR count). The molecular formula is C18H12F4O5. The van der Waals surface area contributed by atoms with Crippen molar-refractivity contribution in [1.82, 2.24) is 0 Å². The lowest BCUT2D eigenvalue weighted by molar-refractivity contribution is -0.391. The van der Waals surface area contributed by atoms with Gasteiger partial charge in [0.1, 0.15) is 0 Å². The Morgan fingerprint density at radius 2 is 1.37 bits per heavy atom. The summed E-state index contributed by atoms with van der Waals surface area (Å²) < 4.78 is 61.0. The number of hydrogen-bond donors (Lipinski definition) is 1. The number of fused-ring (bicyclic) bond motifs is 1. The number of benzene rings is 2. The number of carbonyl (C=O) groups excluding carboxylic acids is 1. The molecule has 0 unspecified atom stereocenters. The number of carbonyl (C=O) groups is 2. The largest absolute Gasteiger partial charge is 0.507 e. The Bertz CT molecular complexity index is 893. The van der Waals surface area contributed by atoms with E-state index in [0.717, 1.165) is 12.1 Å². The number of halogens is 4. The second kappa shape index (κ2) is 6.57. The average molecular weight is 384 g/mol. The van der Waals surface area contributed by atoms with E-state index in [-0.39, 0.29) is 18.6 Å². The van der Waals surface area contributed by atoms with Gasteiger partial charge in [-0.25, -0.2) is 0 Å². The maximum Gasteiger partial charge on any atom is 0.507 e. The predicted octanol–water partition coefficient (Wildman–Crippen LogP) is 4.36. The third kappa shape index (κ3) is 3.71. The molecule has 1 aliphatic rings. The smallest absolute Gasteiger partial charge is 0.481 e. The van der Waals surface area contributed by atoms with Crippen LogP contribution in [-0.2, 0) is 4.79 Å². The van der Waals surface area contributed by atoms with E-state index in [1.54, 1.807) is 0 Å². The molecule has 0 aliphatic carbocycles. The summed E-state index contributed by atoms with van der Waals surface area (Å²) in [6.45, 7) is 0. The van der Waals surface area contributed by atoms with Crippen LogP contribution in [0, 0.1) is 0 Å². The lowest BCUT2D eigenvalue weighted by Crippen LogP contribution is -2.52. The van der Waals surface area contributed by atoms with Gasteiger partial charge in [0.2, 0.25) is 0 Å². The third-order valence-corrected chi connectivity index (χ3v) is 3.86. The number of Topliss-reactive ketones (excluding diaryl/α,β-unsaturated/α-hetero) is 1. The molecule has 0 radical (unpaired) electrons. The molecular weight excluding hydrogens is 372 g/mol. The van der Waals surface area contributed by atoms with Gasteiger partial charge in [-0.1, -0.05) is 30.3 Å². The normalized spacial score (nSPS) is 16.6. The summed E-state index contributed by atoms with van der Waals surface area (Å²) in [4.78, 5) is 22.4. The summed E-state index contributed by atoms with van der Waals surface area (Å²) in [7, 11) is 0. The molecule has 142 valence electrons. The zero-order valence-electron chi connectivity index (χ0n) is 13.5. The van der Waals surface area contributed by atoms with Crippen molar-refractivity contribution in [3.05, 3.63) is 48.0 Å². The Morgan fingerprint density at radius 1 is 0.815 bits per heavy atom. The highest BCUT2D eigenvalue weighted by molar-refractivity contribution is 5.97. The first-order chi connectivity index (χ1) is 12.6. The van der Waals surface area contributed by atoms with Crippen LogP contribution in [0.25, 0.3) is 11.1 Å². The van der Waals surface area contributed by atoms with Crippen molar-refractivity contribution in [2.24, 2.45) is 0 Å². The molecule has 0 fully saturated rings. The average Bonchev–Trinajstić information content (AvgIpc) is 2.60. The number of ether oxygens (including phenoxy) is 2. The summed E-state index contributed by atoms with van der Waals surface area (Å²) in [5.74, 6) is -2.49. The first kappa shape index (κ1) is 18.7. The second-order valence-electron chi connectivity index (χ2n) is 5.79. The minimum Gasteiger partial charge on any atom is -0.481 e. The molecule has 0 bridgehead atoms. The summed E-state index contributed by atoms with van der Waals surface area (Å²) in [5, 5.41) is 8.59. The van der Waals surface area contributed by atoms with Crippen molar-refractivity contribution in [1.29, 1.82) is 0 Å². The maximum atomic E-state index is 13.3. The van der Waals surface area contributed by atoms with E-state index < -0.39 is 29.7 Å². The quantitative estimate of drug-likeness (QED) is 0.613. The van der Waals surface area contributed by atoms with Crippen LogP contribution in [0.3, 0.4) is 0 Å². The number of hydrogen-bond acceptors (Lipinski definition) is 4. The zero-order valence-corrected chi connectivity index (χ0v) is 13.5. The summed E-state index contributed by atoms with van der Waals surface area (Å²) in [6.07, 6.45) is -10.0. The number of aliphatic carboxylic acids is 1. The van der Waals surface area contributed by atoms with E-state index in [1.807, 2.05) is 0 Å². The predicted molar refractivity (Wildman–Crippen MR) is 84.2 cm³/mol. The molecule has 9 heteroatoms. The lowest BCUT2D eigenvalue weighted by Gasteiger charge is -2.32. The number of rotatable bonds is 5. The molecule has 0 aromatic heterocycles. The van der Waals surface area contributed by atoms with E-state index in [1.165, 1.54) is 30.3 Å². The van der Waals surface area contributed by atoms with Crippen LogP contribution in [0.5, 0.6) is 11.5 Å². The van der Waals surface area contributed by atoms with Crippen LogP contribution in [0.15, 0.2) is 42.5 Å². The highest BCUT2D eigenvalue weighted by atomic mass is 19.3. The standard InChI is InChI=1S/C18H12F4O5/c19-17(20)18(21,22)27-15-9-12(5-7-14(15)26-17)10-1-3-11(4-2-10)13(23)6-8-16(24)25/h1-5,7,9H,6,8H2,(H,24,25). The minimum absolute atomic E-state index is 0.151. The maximum absolute atomic E-state index is 13.3. The van der Waals surface area contributed by atoms with Gasteiger partial charge in [0, 0.05) is 12.0 Å². The van der Waals surface area contributed by atoms with Gasteiger partial charge >= 0.3 is 18.2 Å². The van der Waals surface area contributed by atoms with E-state index in [2.05, 4.69) is 9.47 Å². The Hall–Kier alpha value is -3.10. The molecule has 0 amide bonds. The monoisotopic (exact) mass is 384 g/mol. The lowest BCUT2D eigenvalue weighted by atomic mass is 10.0. The Morgan fingerprint density at radius 3 is 1.96 bits per heavy atom. The van der Waals surface area contributed by atoms with E-state index >= 15 is 0 Å². The fourth-order valence-electron chi connectivity index (χ4n) is 2.46. The molecule has 0 atom stereocenters. The second-order valence-corrected chi connectivity index (χ2v) is 5.79. The van der Waals surface area contributed by atoms with Crippen molar-refractivity contribution < 1.29 is 41.7 Å². The molecule has 27 heavy (non-hydrogen) atoms. The molecule has 1 aliphatic heterocycles. The Kier molecular flexibility index (Phi) is 4.54. The van der Waals surface area contributed by atoms with E-state index in [4.69, 9.17) is 5.11 Å². The fraction of sp³-hybridized carbons (Fsp3) is 0.222. The molecule has 0 saturated heterocycles. The van der Waals surface area contributed by atoms with Gasteiger partial charge in [0.15, 0.2) is 17.3 Å². The molecule has 1 heterocycles. The van der Waals surface area contributed by atoms with Gasteiger partial charge in [-0.15, -0.1) is 0 Å². The summed E-state index contributed by atoms with van der Waals surface area (Å²) >= 11 is 0. The SMILES string of the molecule is O=C(O)CCC(=O)c1ccc(-c2ccc3c(c2)OC(F)(F)C(F)(F)O3)cc1. The minimum atomic E-state index is -4.81. The fourth-order valence-corrected chi connectivity index (χ4v) is 2.46. The van der Waals surface area contributed by atoms with Gasteiger partial charge in [-0.3, -0.25) is 9.59 Å². The number of ketones is 1. The first-order valence-corrected chi connectivity index (χ1v) is 7.72. The van der Waals surface area contributed by atoms with Crippen LogP contribution in [0.2, 0.25) is 0 Å². The van der Waals surface area contributed by atoms with Gasteiger partial charge in [0.25, 0.3) is 0 Å². The first-order valence-electron chi connectivity index (χ1n) is 7.72. The summed E-state index contributed by atoms with van der Waals surface area (Å²) in [5.41, 5.74) is 1.18. The van der Waals surface area contributed by atoms with Crippen LogP contribution in [0.4, 0.5) is 17.6 Å². The molecule has 2 aromatic carbocycles. The van der Waals surface area contributed by atoms with Gasteiger partial charge < -0.3 is 14.6 Å². The van der Waals surface area contributed by atoms with E-state index in [0.29, 0.717) is 16.7 Å². The van der Waals surface area contributed by atoms with Crippen molar-refractivity contribution in [2.75, 3.05) is 0 Å². The number of alkyl halides is 4. The molecule has 2 aromatic rings. The van der Waals surface area contributed by atoms with E-state index in [9.17, 15) is 27.2 Å². The van der Waals surface area contributed by atoms with Crippen LogP contribution in [-0.4, -0.2) is 29.1 Å². The topological polar surface area (TPSA) is 72.8 Å². The number of carboxylic acids is 1. The third-order valence-electron chi connectivity index (χ3n) is 3.86. The van der Waals surface area contributed by atoms with Crippen molar-refractivity contribution >= 4 is 11.8 Å². The molecule has 0 saturated carbocycles. The van der Waals surface area contributed by atoms with Crippen LogP contribution < -0.4 is 9.47 Å². The van der Waals surface area contributed by atoms with Crippen molar-refractivity contribution in [3.63, 3.8) is 0 Å². The van der Waals surface area contributed by atoms with Gasteiger partial charge in [0.05, 0.1) is 6.42 Å². The summed E-state index contributed by atoms with van der Waals surface area (Å²) in [6, 6.07) is 9.54.